The van der Waals surface area contributed by atoms with E-state index in [0.29, 0.717) is 23.8 Å². The van der Waals surface area contributed by atoms with Gasteiger partial charge in [0.2, 0.25) is 11.8 Å². The molecule has 0 unspecified atom stereocenters. The van der Waals surface area contributed by atoms with Crippen molar-refractivity contribution in [3.63, 3.8) is 0 Å². The van der Waals surface area contributed by atoms with E-state index in [2.05, 4.69) is 49.4 Å². The summed E-state index contributed by atoms with van der Waals surface area (Å²) in [5.41, 5.74) is 1.33. The van der Waals surface area contributed by atoms with Crippen LogP contribution in [0.4, 0.5) is 5.95 Å². The Kier molecular flexibility index (Phi) is 4.17. The van der Waals surface area contributed by atoms with Crippen molar-refractivity contribution in [2.24, 2.45) is 0 Å². The lowest BCUT2D eigenvalue weighted by Gasteiger charge is -2.07. The van der Waals surface area contributed by atoms with Gasteiger partial charge in [-0.1, -0.05) is 46.3 Å². The van der Waals surface area contributed by atoms with Gasteiger partial charge in [-0.25, -0.2) is 4.98 Å². The van der Waals surface area contributed by atoms with E-state index in [4.69, 9.17) is 4.74 Å². The van der Waals surface area contributed by atoms with Crippen LogP contribution in [0.5, 0.6) is 11.6 Å². The number of nitrogens with one attached hydrogen (secondary N) is 1. The Balaban J connectivity index is 1.42. The smallest absolute Gasteiger partial charge is 0.226 e. The number of hydrogen-bond acceptors (Lipinski definition) is 4. The van der Waals surface area contributed by atoms with Crippen LogP contribution in [0.3, 0.4) is 0 Å². The molecule has 0 saturated heterocycles. The monoisotopic (exact) mass is 381 g/mol. The van der Waals surface area contributed by atoms with Gasteiger partial charge in [0.15, 0.2) is 0 Å². The van der Waals surface area contributed by atoms with Crippen molar-refractivity contribution in [2.75, 3.05) is 5.32 Å². The van der Waals surface area contributed by atoms with Gasteiger partial charge in [-0.15, -0.1) is 0 Å². The lowest BCUT2D eigenvalue weighted by atomic mass is 10.1. The molecule has 1 aromatic heterocycles. The molecule has 1 fully saturated rings. The molecule has 0 bridgehead atoms. The van der Waals surface area contributed by atoms with E-state index in [1.54, 1.807) is 12.3 Å². The fourth-order valence-electron chi connectivity index (χ4n) is 2.70. The summed E-state index contributed by atoms with van der Waals surface area (Å²) in [6.45, 7) is 0. The van der Waals surface area contributed by atoms with Crippen molar-refractivity contribution < 1.29 is 4.74 Å². The van der Waals surface area contributed by atoms with Gasteiger partial charge in [0, 0.05) is 28.7 Å². The lowest BCUT2D eigenvalue weighted by Crippen LogP contribution is -2.07. The second kappa shape index (κ2) is 6.61. The summed E-state index contributed by atoms with van der Waals surface area (Å²) in [5.74, 6) is 2.41. The molecule has 2 atom stereocenters. The number of nitrogens with zero attached hydrogens (tertiary/aromatic N) is 2. The van der Waals surface area contributed by atoms with Crippen molar-refractivity contribution in [3.05, 3.63) is 76.9 Å². The number of hydrogen-bond donors (Lipinski definition) is 1. The number of halogens is 1. The van der Waals surface area contributed by atoms with Crippen molar-refractivity contribution in [2.45, 2.75) is 18.4 Å². The SMILES string of the molecule is Brc1cccc([C@@H]2C[C@H]2Nc2nccc(Oc3ccccc3)n2)c1. The molecule has 1 heterocycles. The van der Waals surface area contributed by atoms with Crippen LogP contribution in [0.25, 0.3) is 0 Å². The van der Waals surface area contributed by atoms with E-state index < -0.39 is 0 Å². The molecule has 3 aromatic rings. The minimum Gasteiger partial charge on any atom is -0.439 e. The molecule has 0 radical (unpaired) electrons. The quantitative estimate of drug-likeness (QED) is 0.675. The molecular weight excluding hydrogens is 366 g/mol. The maximum Gasteiger partial charge on any atom is 0.226 e. The summed E-state index contributed by atoms with van der Waals surface area (Å²) >= 11 is 3.52. The molecule has 1 aliphatic rings. The van der Waals surface area contributed by atoms with E-state index in [1.807, 2.05) is 36.4 Å². The van der Waals surface area contributed by atoms with Crippen LogP contribution in [-0.4, -0.2) is 16.0 Å². The Hall–Kier alpha value is -2.40. The summed E-state index contributed by atoms with van der Waals surface area (Å²) in [6.07, 6.45) is 2.80. The zero-order valence-corrected chi connectivity index (χ0v) is 14.5. The number of anilines is 1. The summed E-state index contributed by atoms with van der Waals surface area (Å²) in [5, 5.41) is 3.39. The lowest BCUT2D eigenvalue weighted by molar-refractivity contribution is 0.462. The van der Waals surface area contributed by atoms with Crippen LogP contribution in [0.1, 0.15) is 17.9 Å². The van der Waals surface area contributed by atoms with Crippen LogP contribution < -0.4 is 10.1 Å². The van der Waals surface area contributed by atoms with Gasteiger partial charge < -0.3 is 10.1 Å². The van der Waals surface area contributed by atoms with Gasteiger partial charge in [0.05, 0.1) is 0 Å². The topological polar surface area (TPSA) is 47.0 Å². The van der Waals surface area contributed by atoms with Gasteiger partial charge >= 0.3 is 0 Å². The molecule has 1 saturated carbocycles. The molecule has 120 valence electrons. The first-order valence-electron chi connectivity index (χ1n) is 7.86. The summed E-state index contributed by atoms with van der Waals surface area (Å²) in [6, 6.07) is 20.2. The van der Waals surface area contributed by atoms with Gasteiger partial charge in [0.25, 0.3) is 0 Å². The number of benzene rings is 2. The summed E-state index contributed by atoms with van der Waals surface area (Å²) in [4.78, 5) is 8.74. The minimum absolute atomic E-state index is 0.367. The van der Waals surface area contributed by atoms with E-state index in [1.165, 1.54) is 5.56 Å². The zero-order valence-electron chi connectivity index (χ0n) is 12.9. The van der Waals surface area contributed by atoms with Crippen molar-refractivity contribution >= 4 is 21.9 Å². The minimum atomic E-state index is 0.367. The van der Waals surface area contributed by atoms with Crippen LogP contribution in [0.15, 0.2) is 71.3 Å². The van der Waals surface area contributed by atoms with Crippen LogP contribution in [-0.2, 0) is 0 Å². The number of aromatic nitrogens is 2. The van der Waals surface area contributed by atoms with Crippen LogP contribution >= 0.6 is 15.9 Å². The molecule has 1 N–H and O–H groups in total. The summed E-state index contributed by atoms with van der Waals surface area (Å²) in [7, 11) is 0. The fourth-order valence-corrected chi connectivity index (χ4v) is 3.12. The molecule has 4 rings (SSSR count). The highest BCUT2D eigenvalue weighted by Gasteiger charge is 2.38. The molecule has 0 amide bonds. The zero-order chi connectivity index (χ0) is 16.4. The Bertz CT molecular complexity index is 841. The number of para-hydroxylation sites is 1. The van der Waals surface area contributed by atoms with Gasteiger partial charge in [-0.3, -0.25) is 0 Å². The van der Waals surface area contributed by atoms with E-state index in [9.17, 15) is 0 Å². The Morgan fingerprint density at radius 3 is 2.75 bits per heavy atom. The molecule has 0 aliphatic heterocycles. The molecule has 24 heavy (non-hydrogen) atoms. The molecule has 5 heteroatoms. The Morgan fingerprint density at radius 2 is 1.92 bits per heavy atom. The van der Waals surface area contributed by atoms with Gasteiger partial charge in [-0.2, -0.15) is 4.98 Å². The molecule has 1 aliphatic carbocycles. The standard InChI is InChI=1S/C19H16BrN3O/c20-14-6-4-5-13(11-14)16-12-17(16)22-19-21-10-9-18(23-19)24-15-7-2-1-3-8-15/h1-11,16-17H,12H2,(H,21,22,23)/t16-,17+/m0/s1. The van der Waals surface area contributed by atoms with Crippen molar-refractivity contribution in [1.29, 1.82) is 0 Å². The average Bonchev–Trinajstić information content (AvgIpc) is 3.35. The molecule has 4 nitrogen and oxygen atoms in total. The highest BCUT2D eigenvalue weighted by molar-refractivity contribution is 9.10. The third-order valence-electron chi connectivity index (χ3n) is 3.98. The van der Waals surface area contributed by atoms with Crippen molar-refractivity contribution in [3.8, 4) is 11.6 Å². The summed E-state index contributed by atoms with van der Waals surface area (Å²) < 4.78 is 6.86. The Morgan fingerprint density at radius 1 is 1.04 bits per heavy atom. The van der Waals surface area contributed by atoms with E-state index >= 15 is 0 Å². The van der Waals surface area contributed by atoms with E-state index in [0.717, 1.165) is 16.6 Å². The highest BCUT2D eigenvalue weighted by Crippen LogP contribution is 2.43. The third kappa shape index (κ3) is 3.57. The average molecular weight is 382 g/mol. The predicted molar refractivity (Wildman–Crippen MR) is 97.5 cm³/mol. The van der Waals surface area contributed by atoms with Crippen LogP contribution in [0, 0.1) is 0 Å². The van der Waals surface area contributed by atoms with Crippen molar-refractivity contribution in [1.82, 2.24) is 9.97 Å². The molecule has 2 aromatic carbocycles. The maximum atomic E-state index is 5.75. The first kappa shape index (κ1) is 15.1. The maximum absolute atomic E-state index is 5.75. The predicted octanol–water partition coefficient (Wildman–Crippen LogP) is 5.00. The second-order valence-corrected chi connectivity index (χ2v) is 6.70. The first-order valence-corrected chi connectivity index (χ1v) is 8.65. The van der Waals surface area contributed by atoms with Crippen LogP contribution in [0.2, 0.25) is 0 Å². The first-order chi connectivity index (χ1) is 11.8. The van der Waals surface area contributed by atoms with E-state index in [-0.39, 0.29) is 0 Å². The van der Waals surface area contributed by atoms with Gasteiger partial charge in [-0.05, 0) is 36.2 Å². The van der Waals surface area contributed by atoms with Gasteiger partial charge in [0.1, 0.15) is 5.75 Å². The number of ether oxygens (including phenoxy) is 1. The largest absolute Gasteiger partial charge is 0.439 e. The third-order valence-corrected chi connectivity index (χ3v) is 4.47. The molecular formula is C19H16BrN3O. The fraction of sp³-hybridized carbons (Fsp3) is 0.158. The molecule has 0 spiro atoms. The number of rotatable bonds is 5. The normalized spacial score (nSPS) is 18.9. The highest BCUT2D eigenvalue weighted by atomic mass is 79.9. The Labute approximate surface area is 149 Å². The second-order valence-electron chi connectivity index (χ2n) is 5.78.